The number of rotatable bonds is 6. The molecule has 1 aliphatic rings. The highest BCUT2D eigenvalue weighted by atomic mass is 35.5. The van der Waals surface area contributed by atoms with Gasteiger partial charge in [0.15, 0.2) is 4.80 Å². The van der Waals surface area contributed by atoms with E-state index in [1.807, 2.05) is 0 Å². The number of aryl methyl sites for hydroxylation is 3. The Balaban J connectivity index is 1.54. The van der Waals surface area contributed by atoms with E-state index in [4.69, 9.17) is 11.6 Å². The first kappa shape index (κ1) is 25.4. The lowest BCUT2D eigenvalue weighted by molar-refractivity contribution is -0.122. The third-order valence-corrected chi connectivity index (χ3v) is 10.1. The molecule has 3 aromatic rings. The molecule has 0 radical (unpaired) electrons. The largest absolute Gasteiger partial charge is 0.316 e. The predicted molar refractivity (Wildman–Crippen MR) is 141 cm³/mol. The summed E-state index contributed by atoms with van der Waals surface area (Å²) >= 11 is 9.19. The summed E-state index contributed by atoms with van der Waals surface area (Å²) in [4.78, 5) is 18.6. The minimum atomic E-state index is -3.60. The number of piperidine rings is 1. The van der Waals surface area contributed by atoms with E-state index >= 15 is 0 Å². The maximum absolute atomic E-state index is 13.1. The second-order valence-corrected chi connectivity index (χ2v) is 12.9. The van der Waals surface area contributed by atoms with Gasteiger partial charge in [-0.05, 0) is 80.5 Å². The van der Waals surface area contributed by atoms with Gasteiger partial charge < -0.3 is 4.57 Å². The van der Waals surface area contributed by atoms with Crippen LogP contribution in [-0.4, -0.2) is 48.3 Å². The van der Waals surface area contributed by atoms with Crippen molar-refractivity contribution < 1.29 is 13.2 Å². The zero-order chi connectivity index (χ0) is 24.5. The number of sulfonamides is 1. The van der Waals surface area contributed by atoms with Crippen molar-refractivity contribution >= 4 is 60.8 Å². The molecule has 2 aromatic carbocycles. The first-order valence-electron chi connectivity index (χ1n) is 11.1. The number of benzene rings is 2. The zero-order valence-electron chi connectivity index (χ0n) is 19.5. The van der Waals surface area contributed by atoms with Gasteiger partial charge in [-0.25, -0.2) is 8.42 Å². The van der Waals surface area contributed by atoms with Crippen LogP contribution in [0.5, 0.6) is 0 Å². The number of halogens is 1. The van der Waals surface area contributed by atoms with Crippen molar-refractivity contribution in [1.82, 2.24) is 8.87 Å². The van der Waals surface area contributed by atoms with Gasteiger partial charge in [0.25, 0.3) is 5.91 Å². The molecular weight excluding hydrogens is 510 g/mol. The highest BCUT2D eigenvalue weighted by molar-refractivity contribution is 7.98. The van der Waals surface area contributed by atoms with E-state index in [2.05, 4.69) is 41.8 Å². The number of carbonyl (C=O) groups is 1. The Morgan fingerprint density at radius 1 is 1.15 bits per heavy atom. The van der Waals surface area contributed by atoms with Crippen LogP contribution in [0.1, 0.15) is 24.0 Å². The first-order valence-corrected chi connectivity index (χ1v) is 15.2. The van der Waals surface area contributed by atoms with E-state index in [1.165, 1.54) is 27.6 Å². The average Bonchev–Trinajstić information content (AvgIpc) is 3.13. The fraction of sp³-hybridized carbons (Fsp3) is 0.417. The van der Waals surface area contributed by atoms with Crippen molar-refractivity contribution in [3.8, 4) is 0 Å². The van der Waals surface area contributed by atoms with Crippen LogP contribution < -0.4 is 4.80 Å². The predicted octanol–water partition coefficient (Wildman–Crippen LogP) is 4.86. The molecule has 0 bridgehead atoms. The number of thiazole rings is 1. The quantitative estimate of drug-likeness (QED) is 0.450. The third kappa shape index (κ3) is 5.28. The Morgan fingerprint density at radius 2 is 1.79 bits per heavy atom. The van der Waals surface area contributed by atoms with Gasteiger partial charge in [-0.15, -0.1) is 0 Å². The summed E-state index contributed by atoms with van der Waals surface area (Å²) in [6, 6.07) is 10.5. The van der Waals surface area contributed by atoms with Crippen LogP contribution in [0.25, 0.3) is 10.2 Å². The summed E-state index contributed by atoms with van der Waals surface area (Å²) in [7, 11) is -3.60. The van der Waals surface area contributed by atoms with Crippen LogP contribution in [0.3, 0.4) is 0 Å². The van der Waals surface area contributed by atoms with Crippen molar-refractivity contribution in [3.05, 3.63) is 57.3 Å². The molecular formula is C24H28ClN3O3S3. The van der Waals surface area contributed by atoms with Gasteiger partial charge in [0.2, 0.25) is 10.0 Å². The van der Waals surface area contributed by atoms with E-state index in [-0.39, 0.29) is 16.7 Å². The van der Waals surface area contributed by atoms with Crippen molar-refractivity contribution in [1.29, 1.82) is 0 Å². The van der Waals surface area contributed by atoms with Crippen LogP contribution >= 0.6 is 34.7 Å². The van der Waals surface area contributed by atoms with Crippen LogP contribution in [0, 0.1) is 19.8 Å². The van der Waals surface area contributed by atoms with Crippen LogP contribution in [0.15, 0.2) is 46.3 Å². The summed E-state index contributed by atoms with van der Waals surface area (Å²) in [6.45, 7) is 5.57. The second kappa shape index (κ2) is 10.5. The number of hydrogen-bond donors (Lipinski definition) is 0. The zero-order valence-corrected chi connectivity index (χ0v) is 22.7. The van der Waals surface area contributed by atoms with Gasteiger partial charge >= 0.3 is 0 Å². The van der Waals surface area contributed by atoms with Crippen molar-refractivity contribution in [2.45, 2.75) is 38.1 Å². The minimum absolute atomic E-state index is 0.165. The summed E-state index contributed by atoms with van der Waals surface area (Å²) in [6.07, 6.45) is 2.99. The van der Waals surface area contributed by atoms with Crippen LogP contribution in [0.4, 0.5) is 0 Å². The molecule has 1 fully saturated rings. The summed E-state index contributed by atoms with van der Waals surface area (Å²) < 4.78 is 30.6. The highest BCUT2D eigenvalue weighted by Gasteiger charge is 2.32. The van der Waals surface area contributed by atoms with Crippen molar-refractivity contribution in [2.75, 3.05) is 25.1 Å². The molecule has 0 atom stereocenters. The molecule has 0 aliphatic carbocycles. The van der Waals surface area contributed by atoms with E-state index in [9.17, 15) is 13.2 Å². The van der Waals surface area contributed by atoms with Crippen LogP contribution in [0.2, 0.25) is 5.02 Å². The Bertz CT molecular complexity index is 1370. The smallest absolute Gasteiger partial charge is 0.251 e. The third-order valence-electron chi connectivity index (χ3n) is 6.28. The van der Waals surface area contributed by atoms with Crippen molar-refractivity contribution in [2.24, 2.45) is 10.9 Å². The Labute approximate surface area is 213 Å². The molecule has 10 heteroatoms. The van der Waals surface area contributed by atoms with Gasteiger partial charge in [-0.3, -0.25) is 4.79 Å². The number of nitrogens with zero attached hydrogens (tertiary/aromatic N) is 3. The molecule has 6 nitrogen and oxygen atoms in total. The molecule has 4 rings (SSSR count). The average molecular weight is 538 g/mol. The Hall–Kier alpha value is -1.65. The Morgan fingerprint density at radius 3 is 2.44 bits per heavy atom. The van der Waals surface area contributed by atoms with E-state index in [1.54, 1.807) is 35.2 Å². The molecule has 0 N–H and O–H groups in total. The molecule has 0 unspecified atom stereocenters. The SMILES string of the molecule is CSCCn1c(=NC(=O)C2CCN(S(=O)(=O)c3ccc(Cl)cc3)CC2)sc2cc(C)c(C)cc21. The minimum Gasteiger partial charge on any atom is -0.316 e. The van der Waals surface area contributed by atoms with Gasteiger partial charge in [0, 0.05) is 36.3 Å². The molecule has 1 aromatic heterocycles. The molecule has 0 saturated carbocycles. The lowest BCUT2D eigenvalue weighted by Gasteiger charge is -2.29. The standard InChI is InChI=1S/C24H28ClN3O3S3/c1-16-14-21-22(15-17(16)2)33-24(28(21)12-13-32-3)26-23(29)18-8-10-27(11-9-18)34(30,31)20-6-4-19(25)5-7-20/h4-7,14-15,18H,8-13H2,1-3H3. The maximum Gasteiger partial charge on any atom is 0.251 e. The summed E-state index contributed by atoms with van der Waals surface area (Å²) in [5.74, 6) is 0.488. The van der Waals surface area contributed by atoms with Gasteiger partial charge in [0.05, 0.1) is 15.1 Å². The van der Waals surface area contributed by atoms with Gasteiger partial charge in [-0.2, -0.15) is 21.1 Å². The molecule has 1 saturated heterocycles. The molecule has 34 heavy (non-hydrogen) atoms. The number of amides is 1. The fourth-order valence-corrected chi connectivity index (χ4v) is 7.19. The van der Waals surface area contributed by atoms with E-state index in [0.717, 1.165) is 27.3 Å². The molecule has 182 valence electrons. The number of hydrogen-bond acceptors (Lipinski definition) is 5. The topological polar surface area (TPSA) is 71.7 Å². The van der Waals surface area contributed by atoms with Gasteiger partial charge in [-0.1, -0.05) is 22.9 Å². The first-order chi connectivity index (χ1) is 16.2. The lowest BCUT2D eigenvalue weighted by atomic mass is 9.98. The molecule has 1 amide bonds. The summed E-state index contributed by atoms with van der Waals surface area (Å²) in [5, 5.41) is 0.492. The lowest BCUT2D eigenvalue weighted by Crippen LogP contribution is -2.40. The monoisotopic (exact) mass is 537 g/mol. The molecule has 2 heterocycles. The molecule has 0 spiro atoms. The van der Waals surface area contributed by atoms with E-state index < -0.39 is 10.0 Å². The Kier molecular flexibility index (Phi) is 7.89. The normalized spacial score (nSPS) is 16.4. The van der Waals surface area contributed by atoms with Gasteiger partial charge in [0.1, 0.15) is 0 Å². The number of thioether (sulfide) groups is 1. The number of carbonyl (C=O) groups excluding carboxylic acids is 1. The van der Waals surface area contributed by atoms with Crippen LogP contribution in [-0.2, 0) is 21.4 Å². The van der Waals surface area contributed by atoms with Crippen molar-refractivity contribution in [3.63, 3.8) is 0 Å². The second-order valence-electron chi connectivity index (χ2n) is 8.52. The van der Waals surface area contributed by atoms with E-state index in [0.29, 0.717) is 31.0 Å². The summed E-state index contributed by atoms with van der Waals surface area (Å²) in [5.41, 5.74) is 3.55. The number of fused-ring (bicyclic) bond motifs is 1. The fourth-order valence-electron chi connectivity index (χ4n) is 4.09. The molecule has 1 aliphatic heterocycles. The maximum atomic E-state index is 13.1. The highest BCUT2D eigenvalue weighted by Crippen LogP contribution is 2.26. The number of aromatic nitrogens is 1.